The van der Waals surface area contributed by atoms with Gasteiger partial charge in [-0.2, -0.15) is 0 Å². The van der Waals surface area contributed by atoms with E-state index in [2.05, 4.69) is 5.32 Å². The van der Waals surface area contributed by atoms with Crippen molar-refractivity contribution in [1.29, 1.82) is 0 Å². The van der Waals surface area contributed by atoms with E-state index in [-0.39, 0.29) is 11.3 Å². The average Bonchev–Trinajstić information content (AvgIpc) is 2.47. The fourth-order valence-electron chi connectivity index (χ4n) is 1.83. The highest BCUT2D eigenvalue weighted by Crippen LogP contribution is 2.37. The lowest BCUT2D eigenvalue weighted by Gasteiger charge is -2.43. The number of nitrogens with zero attached hydrogens (tertiary/aromatic N) is 1. The van der Waals surface area contributed by atoms with Crippen molar-refractivity contribution >= 4 is 16.9 Å². The molecule has 1 unspecified atom stereocenters. The Bertz CT molecular complexity index is 249. The lowest BCUT2D eigenvalue weighted by molar-refractivity contribution is -0.132. The molecule has 0 aliphatic carbocycles. The zero-order chi connectivity index (χ0) is 10.8. The fourth-order valence-corrected chi connectivity index (χ4v) is 2.69. The zero-order valence-corrected chi connectivity index (χ0v) is 9.82. The maximum Gasteiger partial charge on any atom is 0.228 e. The quantitative estimate of drug-likeness (QED) is 0.680. The molecule has 0 saturated carbocycles. The molecule has 0 aromatic heterocycles. The molecular formula is C9H18N2O2S. The van der Waals surface area contributed by atoms with Crippen LogP contribution in [0.15, 0.2) is 0 Å². The van der Waals surface area contributed by atoms with E-state index in [1.54, 1.807) is 6.26 Å². The van der Waals surface area contributed by atoms with Crippen LogP contribution in [0.2, 0.25) is 0 Å². The number of hydrogen-bond acceptors (Lipinski definition) is 2. The molecule has 1 N–H and O–H groups in total. The van der Waals surface area contributed by atoms with Gasteiger partial charge in [-0.1, -0.05) is 13.8 Å². The fraction of sp³-hybridized carbons (Fsp3) is 0.889. The van der Waals surface area contributed by atoms with E-state index in [0.717, 1.165) is 13.0 Å². The predicted octanol–water partition coefficient (Wildman–Crippen LogP) is 0.128. The van der Waals surface area contributed by atoms with Crippen molar-refractivity contribution in [2.75, 3.05) is 25.9 Å². The van der Waals surface area contributed by atoms with E-state index < -0.39 is 11.0 Å². The van der Waals surface area contributed by atoms with Crippen molar-refractivity contribution in [2.45, 2.75) is 20.3 Å². The Morgan fingerprint density at radius 2 is 2.00 bits per heavy atom. The Morgan fingerprint density at radius 1 is 1.43 bits per heavy atom. The van der Waals surface area contributed by atoms with Gasteiger partial charge in [-0.3, -0.25) is 4.79 Å². The number of carbonyl (C=O) groups is 1. The van der Waals surface area contributed by atoms with Gasteiger partial charge >= 0.3 is 0 Å². The molecule has 1 spiro atoms. The van der Waals surface area contributed by atoms with Crippen LogP contribution in [0.5, 0.6) is 0 Å². The van der Waals surface area contributed by atoms with Gasteiger partial charge in [0.1, 0.15) is 0 Å². The van der Waals surface area contributed by atoms with Crippen LogP contribution >= 0.6 is 0 Å². The topological polar surface area (TPSA) is 49.4 Å². The largest absolute Gasteiger partial charge is 0.355 e. The molecule has 1 amide bonds. The van der Waals surface area contributed by atoms with Crippen LogP contribution in [-0.4, -0.2) is 40.3 Å². The standard InChI is InChI=1S/C7H12N2O2S.C2H6/c1-12(11)9-4-7(5-9)2-3-8-6(7)10;1-2/h2-5H2,1H3,(H,8,10);1-2H3. The zero-order valence-electron chi connectivity index (χ0n) is 9.00. The SMILES string of the molecule is CC.CS(=O)N1CC2(CCNC2=O)C1. The summed E-state index contributed by atoms with van der Waals surface area (Å²) in [5.74, 6) is 0.143. The molecule has 1 atom stereocenters. The first-order valence-electron chi connectivity index (χ1n) is 5.01. The third-order valence-corrected chi connectivity index (χ3v) is 3.68. The summed E-state index contributed by atoms with van der Waals surface area (Å²) in [5.41, 5.74) is -0.189. The minimum atomic E-state index is -0.907. The first-order chi connectivity index (χ1) is 6.64. The molecule has 14 heavy (non-hydrogen) atoms. The van der Waals surface area contributed by atoms with Crippen LogP contribution in [-0.2, 0) is 15.8 Å². The molecule has 2 fully saturated rings. The molecule has 2 rings (SSSR count). The minimum Gasteiger partial charge on any atom is -0.355 e. The normalized spacial score (nSPS) is 26.1. The summed E-state index contributed by atoms with van der Waals surface area (Å²) >= 11 is 0. The maximum atomic E-state index is 11.3. The number of hydrogen-bond donors (Lipinski definition) is 1. The number of carbonyl (C=O) groups excluding carboxylic acids is 1. The summed E-state index contributed by atoms with van der Waals surface area (Å²) in [4.78, 5) is 11.3. The molecule has 2 aliphatic heterocycles. The Balaban J connectivity index is 0.000000461. The van der Waals surface area contributed by atoms with E-state index in [0.29, 0.717) is 13.1 Å². The van der Waals surface area contributed by atoms with E-state index in [1.807, 2.05) is 18.2 Å². The van der Waals surface area contributed by atoms with Crippen molar-refractivity contribution in [2.24, 2.45) is 5.41 Å². The van der Waals surface area contributed by atoms with Crippen molar-refractivity contribution in [3.63, 3.8) is 0 Å². The molecule has 0 radical (unpaired) electrons. The molecule has 2 aliphatic rings. The van der Waals surface area contributed by atoms with Gasteiger partial charge in [0.05, 0.1) is 16.4 Å². The third kappa shape index (κ3) is 1.83. The number of nitrogens with one attached hydrogen (secondary N) is 1. The van der Waals surface area contributed by atoms with Gasteiger partial charge in [0.15, 0.2) is 0 Å². The van der Waals surface area contributed by atoms with Crippen LogP contribution < -0.4 is 5.32 Å². The Morgan fingerprint density at radius 3 is 2.36 bits per heavy atom. The van der Waals surface area contributed by atoms with Crippen LogP contribution in [0.3, 0.4) is 0 Å². The minimum absolute atomic E-state index is 0.143. The molecule has 2 saturated heterocycles. The summed E-state index contributed by atoms with van der Waals surface area (Å²) in [6.45, 7) is 6.12. The van der Waals surface area contributed by atoms with E-state index in [9.17, 15) is 9.00 Å². The van der Waals surface area contributed by atoms with Crippen molar-refractivity contribution in [3.05, 3.63) is 0 Å². The van der Waals surface area contributed by atoms with Crippen LogP contribution in [0.25, 0.3) is 0 Å². The van der Waals surface area contributed by atoms with Crippen LogP contribution in [0.4, 0.5) is 0 Å². The second kappa shape index (κ2) is 4.40. The highest BCUT2D eigenvalue weighted by molar-refractivity contribution is 7.81. The summed E-state index contributed by atoms with van der Waals surface area (Å²) in [5, 5.41) is 2.81. The van der Waals surface area contributed by atoms with Crippen LogP contribution in [0, 0.1) is 5.41 Å². The van der Waals surface area contributed by atoms with Crippen molar-refractivity contribution in [1.82, 2.24) is 9.62 Å². The lowest BCUT2D eigenvalue weighted by atomic mass is 9.80. The Hall–Kier alpha value is -0.420. The summed E-state index contributed by atoms with van der Waals surface area (Å²) in [6, 6.07) is 0. The van der Waals surface area contributed by atoms with Crippen molar-refractivity contribution in [3.8, 4) is 0 Å². The molecule has 82 valence electrons. The molecule has 4 nitrogen and oxygen atoms in total. The van der Waals surface area contributed by atoms with Gasteiger partial charge in [-0.15, -0.1) is 0 Å². The van der Waals surface area contributed by atoms with Gasteiger partial charge in [0.2, 0.25) is 5.91 Å². The van der Waals surface area contributed by atoms with E-state index in [4.69, 9.17) is 0 Å². The summed E-state index contributed by atoms with van der Waals surface area (Å²) < 4.78 is 12.8. The first kappa shape index (κ1) is 11.7. The first-order valence-corrected chi connectivity index (χ1v) is 6.52. The predicted molar refractivity (Wildman–Crippen MR) is 57.0 cm³/mol. The summed E-state index contributed by atoms with van der Waals surface area (Å²) in [6.07, 6.45) is 2.55. The monoisotopic (exact) mass is 218 g/mol. The van der Waals surface area contributed by atoms with Crippen molar-refractivity contribution < 1.29 is 9.00 Å². The van der Waals surface area contributed by atoms with Gasteiger partial charge < -0.3 is 5.32 Å². The summed E-state index contributed by atoms with van der Waals surface area (Å²) in [7, 11) is -0.907. The number of amides is 1. The molecule has 2 heterocycles. The molecule has 0 bridgehead atoms. The number of rotatable bonds is 1. The Kier molecular flexibility index (Phi) is 3.66. The second-order valence-electron chi connectivity index (χ2n) is 3.51. The molecule has 0 aromatic carbocycles. The highest BCUT2D eigenvalue weighted by atomic mass is 32.2. The van der Waals surface area contributed by atoms with Gasteiger partial charge in [-0.25, -0.2) is 8.51 Å². The van der Waals surface area contributed by atoms with E-state index >= 15 is 0 Å². The average molecular weight is 218 g/mol. The lowest BCUT2D eigenvalue weighted by Crippen LogP contribution is -2.59. The third-order valence-electron chi connectivity index (χ3n) is 2.69. The molecule has 0 aromatic rings. The van der Waals surface area contributed by atoms with E-state index in [1.165, 1.54) is 0 Å². The smallest absolute Gasteiger partial charge is 0.228 e. The van der Waals surface area contributed by atoms with Gasteiger partial charge in [-0.05, 0) is 6.42 Å². The van der Waals surface area contributed by atoms with Crippen LogP contribution in [0.1, 0.15) is 20.3 Å². The van der Waals surface area contributed by atoms with Gasteiger partial charge in [0, 0.05) is 25.9 Å². The highest BCUT2D eigenvalue weighted by Gasteiger charge is 2.52. The molecular weight excluding hydrogens is 200 g/mol. The Labute approximate surface area is 87.6 Å². The maximum absolute atomic E-state index is 11.3. The van der Waals surface area contributed by atoms with Gasteiger partial charge in [0.25, 0.3) is 0 Å². The molecule has 5 heteroatoms. The second-order valence-corrected chi connectivity index (χ2v) is 4.87.